The van der Waals surface area contributed by atoms with Crippen molar-refractivity contribution in [3.05, 3.63) is 52.2 Å². The molecule has 0 amide bonds. The van der Waals surface area contributed by atoms with Crippen LogP contribution in [0.2, 0.25) is 0 Å². The summed E-state index contributed by atoms with van der Waals surface area (Å²) in [5, 5.41) is 5.42. The summed E-state index contributed by atoms with van der Waals surface area (Å²) in [5.74, 6) is 0.0101. The third-order valence-corrected chi connectivity index (χ3v) is 3.74. The lowest BCUT2D eigenvalue weighted by Crippen LogP contribution is -2.24. The maximum atomic E-state index is 13.9. The molecule has 1 atom stereocenters. The number of benzene rings is 1. The van der Waals surface area contributed by atoms with Gasteiger partial charge in [-0.3, -0.25) is 0 Å². The second-order valence-electron chi connectivity index (χ2n) is 4.61. The average molecular weight is 278 g/mol. The molecule has 1 aromatic heterocycles. The van der Waals surface area contributed by atoms with Gasteiger partial charge in [0.2, 0.25) is 0 Å². The lowest BCUT2D eigenvalue weighted by atomic mass is 9.94. The molecule has 0 aliphatic heterocycles. The van der Waals surface area contributed by atoms with Gasteiger partial charge in [-0.25, -0.2) is 9.37 Å². The monoisotopic (exact) mass is 278 g/mol. The van der Waals surface area contributed by atoms with Gasteiger partial charge in [0, 0.05) is 17.8 Å². The number of hydrogen-bond donors (Lipinski definition) is 1. The highest BCUT2D eigenvalue weighted by Gasteiger charge is 2.16. The van der Waals surface area contributed by atoms with Crippen LogP contribution in [-0.4, -0.2) is 18.1 Å². The summed E-state index contributed by atoms with van der Waals surface area (Å²) in [6.45, 7) is 3.87. The van der Waals surface area contributed by atoms with Crippen LogP contribution >= 0.6 is 11.3 Å². The molecule has 1 heterocycles. The molecule has 0 radical (unpaired) electrons. The predicted octanol–water partition coefficient (Wildman–Crippen LogP) is 3.61. The zero-order valence-electron chi connectivity index (χ0n) is 11.1. The Labute approximate surface area is 117 Å². The fourth-order valence-electron chi connectivity index (χ4n) is 2.14. The topological polar surface area (TPSA) is 24.9 Å². The Hall–Kier alpha value is -1.26. The first-order valence-electron chi connectivity index (χ1n) is 6.63. The van der Waals surface area contributed by atoms with Crippen LogP contribution in [0.3, 0.4) is 0 Å². The van der Waals surface area contributed by atoms with Crippen LogP contribution in [0, 0.1) is 5.82 Å². The molecule has 0 aliphatic carbocycles. The van der Waals surface area contributed by atoms with Crippen LogP contribution in [0.5, 0.6) is 0 Å². The number of hydrogen-bond acceptors (Lipinski definition) is 3. The molecule has 2 aromatic rings. The van der Waals surface area contributed by atoms with Crippen LogP contribution in [0.25, 0.3) is 0 Å². The highest BCUT2D eigenvalue weighted by molar-refractivity contribution is 7.07. The van der Waals surface area contributed by atoms with Gasteiger partial charge in [0.1, 0.15) is 5.82 Å². The van der Waals surface area contributed by atoms with Crippen LogP contribution in [0.1, 0.15) is 30.5 Å². The molecule has 2 rings (SSSR count). The predicted molar refractivity (Wildman–Crippen MR) is 78.1 cm³/mol. The van der Waals surface area contributed by atoms with Crippen molar-refractivity contribution >= 4 is 11.3 Å². The molecule has 0 bridgehead atoms. The molecule has 1 aromatic carbocycles. The van der Waals surface area contributed by atoms with Crippen LogP contribution in [-0.2, 0) is 6.42 Å². The van der Waals surface area contributed by atoms with Gasteiger partial charge in [-0.1, -0.05) is 25.1 Å². The SMILES string of the molecule is CCCNCC(Cc1cscn1)c1ccccc1F. The van der Waals surface area contributed by atoms with E-state index in [0.717, 1.165) is 37.2 Å². The summed E-state index contributed by atoms with van der Waals surface area (Å²) in [6, 6.07) is 7.04. The van der Waals surface area contributed by atoms with Crippen molar-refractivity contribution in [2.24, 2.45) is 0 Å². The Kier molecular flexibility index (Phi) is 5.48. The first kappa shape index (κ1) is 14.2. The van der Waals surface area contributed by atoms with Crippen LogP contribution in [0.4, 0.5) is 4.39 Å². The number of nitrogens with zero attached hydrogens (tertiary/aromatic N) is 1. The number of aromatic nitrogens is 1. The minimum Gasteiger partial charge on any atom is -0.316 e. The highest BCUT2D eigenvalue weighted by atomic mass is 32.1. The summed E-state index contributed by atoms with van der Waals surface area (Å²) in [7, 11) is 0. The molecule has 2 nitrogen and oxygen atoms in total. The van der Waals surface area contributed by atoms with E-state index in [1.807, 2.05) is 23.0 Å². The van der Waals surface area contributed by atoms with Crippen molar-refractivity contribution < 1.29 is 4.39 Å². The molecular weight excluding hydrogens is 259 g/mol. The lowest BCUT2D eigenvalue weighted by Gasteiger charge is -2.17. The first-order valence-corrected chi connectivity index (χ1v) is 7.57. The van der Waals surface area contributed by atoms with Gasteiger partial charge >= 0.3 is 0 Å². The maximum Gasteiger partial charge on any atom is 0.126 e. The quantitative estimate of drug-likeness (QED) is 0.783. The number of halogens is 1. The zero-order valence-corrected chi connectivity index (χ0v) is 11.9. The average Bonchev–Trinajstić information content (AvgIpc) is 2.91. The fourth-order valence-corrected chi connectivity index (χ4v) is 2.71. The molecule has 4 heteroatoms. The van der Waals surface area contributed by atoms with Gasteiger partial charge in [0.05, 0.1) is 11.2 Å². The zero-order chi connectivity index (χ0) is 13.5. The molecule has 19 heavy (non-hydrogen) atoms. The molecule has 0 saturated carbocycles. The largest absolute Gasteiger partial charge is 0.316 e. The minimum atomic E-state index is -0.124. The molecule has 1 unspecified atom stereocenters. The Morgan fingerprint density at radius 1 is 1.37 bits per heavy atom. The van der Waals surface area contributed by atoms with Crippen molar-refractivity contribution in [1.29, 1.82) is 0 Å². The molecule has 0 saturated heterocycles. The standard InChI is InChI=1S/C15H19FN2S/c1-2-7-17-9-12(8-13-10-19-11-18-13)14-5-3-4-6-15(14)16/h3-6,10-12,17H,2,7-9H2,1H3. The third-order valence-electron chi connectivity index (χ3n) is 3.10. The van der Waals surface area contributed by atoms with E-state index in [2.05, 4.69) is 17.2 Å². The Balaban J connectivity index is 2.11. The fraction of sp³-hybridized carbons (Fsp3) is 0.400. The van der Waals surface area contributed by atoms with Crippen molar-refractivity contribution in [2.45, 2.75) is 25.7 Å². The van der Waals surface area contributed by atoms with Gasteiger partial charge in [0.25, 0.3) is 0 Å². The summed E-state index contributed by atoms with van der Waals surface area (Å²) >= 11 is 1.58. The third kappa shape index (κ3) is 4.11. The van der Waals surface area contributed by atoms with Crippen LogP contribution in [0.15, 0.2) is 35.2 Å². The van der Waals surface area contributed by atoms with Gasteiger partial charge in [-0.15, -0.1) is 11.3 Å². The van der Waals surface area contributed by atoms with Crippen molar-refractivity contribution in [3.8, 4) is 0 Å². The molecular formula is C15H19FN2S. The highest BCUT2D eigenvalue weighted by Crippen LogP contribution is 2.23. The number of rotatable bonds is 7. The summed E-state index contributed by atoms with van der Waals surface area (Å²) in [4.78, 5) is 4.31. The van der Waals surface area contributed by atoms with E-state index in [1.54, 1.807) is 17.4 Å². The van der Waals surface area contributed by atoms with Gasteiger partial charge in [-0.2, -0.15) is 0 Å². The number of thiazole rings is 1. The van der Waals surface area contributed by atoms with Crippen LogP contribution < -0.4 is 5.32 Å². The molecule has 0 fully saturated rings. The van der Waals surface area contributed by atoms with Crippen molar-refractivity contribution in [3.63, 3.8) is 0 Å². The summed E-state index contributed by atoms with van der Waals surface area (Å²) in [6.07, 6.45) is 1.86. The second-order valence-corrected chi connectivity index (χ2v) is 5.33. The van der Waals surface area contributed by atoms with Crippen molar-refractivity contribution in [1.82, 2.24) is 10.3 Å². The van der Waals surface area contributed by atoms with E-state index in [1.165, 1.54) is 6.07 Å². The Morgan fingerprint density at radius 2 is 2.21 bits per heavy atom. The van der Waals surface area contributed by atoms with E-state index in [-0.39, 0.29) is 11.7 Å². The maximum absolute atomic E-state index is 13.9. The lowest BCUT2D eigenvalue weighted by molar-refractivity contribution is 0.534. The van der Waals surface area contributed by atoms with Gasteiger partial charge in [-0.05, 0) is 31.0 Å². The van der Waals surface area contributed by atoms with E-state index in [0.29, 0.717) is 0 Å². The molecule has 0 spiro atoms. The first-order chi connectivity index (χ1) is 9.31. The normalized spacial score (nSPS) is 12.5. The van der Waals surface area contributed by atoms with E-state index in [9.17, 15) is 4.39 Å². The van der Waals surface area contributed by atoms with Gasteiger partial charge in [0.15, 0.2) is 0 Å². The molecule has 1 N–H and O–H groups in total. The summed E-state index contributed by atoms with van der Waals surface area (Å²) in [5.41, 5.74) is 3.64. The minimum absolute atomic E-state index is 0.124. The smallest absolute Gasteiger partial charge is 0.126 e. The van der Waals surface area contributed by atoms with Gasteiger partial charge < -0.3 is 5.32 Å². The number of nitrogens with one attached hydrogen (secondary N) is 1. The van der Waals surface area contributed by atoms with E-state index >= 15 is 0 Å². The molecule has 102 valence electrons. The second kappa shape index (κ2) is 7.36. The van der Waals surface area contributed by atoms with E-state index in [4.69, 9.17) is 0 Å². The Morgan fingerprint density at radius 3 is 2.89 bits per heavy atom. The van der Waals surface area contributed by atoms with Crippen molar-refractivity contribution in [2.75, 3.05) is 13.1 Å². The Bertz CT molecular complexity index is 485. The summed E-state index contributed by atoms with van der Waals surface area (Å²) < 4.78 is 13.9. The van der Waals surface area contributed by atoms with E-state index < -0.39 is 0 Å². The molecule has 0 aliphatic rings.